The number of hydrogen-bond donors (Lipinski definition) is 0. The number of fused-ring (bicyclic) bond motifs is 2. The first-order chi connectivity index (χ1) is 5.40. The molecule has 1 nitrogen and oxygen atoms in total. The van der Waals surface area contributed by atoms with E-state index in [0.29, 0.717) is 10.8 Å². The predicted molar refractivity (Wildman–Crippen MR) is 52.2 cm³/mol. The van der Waals surface area contributed by atoms with Crippen LogP contribution >= 0.6 is 0 Å². The van der Waals surface area contributed by atoms with Gasteiger partial charge in [-0.2, -0.15) is 0 Å². The summed E-state index contributed by atoms with van der Waals surface area (Å²) in [5, 5.41) is 0. The smallest absolute Gasteiger partial charge is 0.0103 e. The molecule has 1 heteroatoms. The largest absolute Gasteiger partial charge is 0.303 e. The van der Waals surface area contributed by atoms with Crippen LogP contribution in [0.1, 0.15) is 40.0 Å². The van der Waals surface area contributed by atoms with Crippen LogP contribution in [0.3, 0.4) is 0 Å². The summed E-state index contributed by atoms with van der Waals surface area (Å²) in [5.74, 6) is 0. The van der Waals surface area contributed by atoms with Crippen molar-refractivity contribution in [2.45, 2.75) is 46.1 Å². The highest BCUT2D eigenvalue weighted by molar-refractivity contribution is 5.01. The van der Waals surface area contributed by atoms with Crippen molar-refractivity contribution in [3.63, 3.8) is 0 Å². The fraction of sp³-hybridized carbons (Fsp3) is 1.00. The molecular formula is C11H21N. The molecule has 1 heterocycles. The van der Waals surface area contributed by atoms with Crippen LogP contribution in [0.25, 0.3) is 0 Å². The number of nitrogens with zero attached hydrogens (tertiary/aromatic N) is 1. The fourth-order valence-corrected chi connectivity index (χ4v) is 3.74. The van der Waals surface area contributed by atoms with Crippen LogP contribution in [0.15, 0.2) is 0 Å². The molecule has 2 aliphatic rings. The topological polar surface area (TPSA) is 3.24 Å². The lowest BCUT2D eigenvalue weighted by Gasteiger charge is -2.39. The third-order valence-corrected chi connectivity index (χ3v) is 3.68. The standard InChI is InChI=1S/C11H21N/c1-10(2)5-9-6-11(3,7-10)8-12(9)4/h9H,5-8H2,1-4H3/t9?,11-/m1/s1. The van der Waals surface area contributed by atoms with E-state index in [-0.39, 0.29) is 0 Å². The Balaban J connectivity index is 2.22. The van der Waals surface area contributed by atoms with E-state index >= 15 is 0 Å². The van der Waals surface area contributed by atoms with E-state index in [1.807, 2.05) is 0 Å². The number of rotatable bonds is 0. The van der Waals surface area contributed by atoms with Crippen molar-refractivity contribution in [2.24, 2.45) is 10.8 Å². The predicted octanol–water partition coefficient (Wildman–Crippen LogP) is 2.52. The zero-order chi connectivity index (χ0) is 8.98. The van der Waals surface area contributed by atoms with Gasteiger partial charge in [-0.1, -0.05) is 20.8 Å². The van der Waals surface area contributed by atoms with Crippen LogP contribution in [-0.4, -0.2) is 24.5 Å². The van der Waals surface area contributed by atoms with Gasteiger partial charge in [0.2, 0.25) is 0 Å². The molecular weight excluding hydrogens is 146 g/mol. The Kier molecular flexibility index (Phi) is 1.61. The average molecular weight is 167 g/mol. The van der Waals surface area contributed by atoms with Gasteiger partial charge in [0.25, 0.3) is 0 Å². The fourth-order valence-electron chi connectivity index (χ4n) is 3.74. The van der Waals surface area contributed by atoms with Crippen molar-refractivity contribution >= 4 is 0 Å². The van der Waals surface area contributed by atoms with Crippen molar-refractivity contribution < 1.29 is 0 Å². The molecule has 1 saturated carbocycles. The summed E-state index contributed by atoms with van der Waals surface area (Å²) in [6.45, 7) is 8.64. The van der Waals surface area contributed by atoms with E-state index < -0.39 is 0 Å². The summed E-state index contributed by atoms with van der Waals surface area (Å²) in [5.41, 5.74) is 1.21. The van der Waals surface area contributed by atoms with Crippen molar-refractivity contribution in [1.29, 1.82) is 0 Å². The van der Waals surface area contributed by atoms with Crippen LogP contribution in [-0.2, 0) is 0 Å². The highest BCUT2D eigenvalue weighted by atomic mass is 15.2. The molecule has 70 valence electrons. The van der Waals surface area contributed by atoms with Gasteiger partial charge in [0.1, 0.15) is 0 Å². The molecule has 0 N–H and O–H groups in total. The number of hydrogen-bond acceptors (Lipinski definition) is 1. The molecule has 1 unspecified atom stereocenters. The van der Waals surface area contributed by atoms with Gasteiger partial charge in [0.15, 0.2) is 0 Å². The zero-order valence-corrected chi connectivity index (χ0v) is 8.85. The van der Waals surface area contributed by atoms with Crippen LogP contribution in [0.2, 0.25) is 0 Å². The number of likely N-dealkylation sites (tertiary alicyclic amines) is 1. The molecule has 1 saturated heterocycles. The molecule has 0 aromatic heterocycles. The third kappa shape index (κ3) is 1.28. The SMILES string of the molecule is CN1C[C@]2(C)CC1CC(C)(C)C2. The third-order valence-electron chi connectivity index (χ3n) is 3.68. The molecule has 0 aromatic carbocycles. The lowest BCUT2D eigenvalue weighted by Crippen LogP contribution is -2.33. The van der Waals surface area contributed by atoms with Crippen molar-refractivity contribution in [3.8, 4) is 0 Å². The molecule has 2 atom stereocenters. The second-order valence-corrected chi connectivity index (χ2v) is 6.13. The van der Waals surface area contributed by atoms with Gasteiger partial charge in [-0.15, -0.1) is 0 Å². The molecule has 0 radical (unpaired) electrons. The Morgan fingerprint density at radius 2 is 1.83 bits per heavy atom. The van der Waals surface area contributed by atoms with Gasteiger partial charge < -0.3 is 4.90 Å². The summed E-state index contributed by atoms with van der Waals surface area (Å²) in [7, 11) is 2.29. The minimum Gasteiger partial charge on any atom is -0.303 e. The highest BCUT2D eigenvalue weighted by Crippen LogP contribution is 2.51. The van der Waals surface area contributed by atoms with Gasteiger partial charge in [0, 0.05) is 12.6 Å². The monoisotopic (exact) mass is 167 g/mol. The van der Waals surface area contributed by atoms with Gasteiger partial charge in [0.05, 0.1) is 0 Å². The molecule has 2 rings (SSSR count). The van der Waals surface area contributed by atoms with E-state index in [2.05, 4.69) is 32.7 Å². The lowest BCUT2D eigenvalue weighted by atomic mass is 9.65. The van der Waals surface area contributed by atoms with Crippen molar-refractivity contribution in [2.75, 3.05) is 13.6 Å². The molecule has 0 aromatic rings. The minimum atomic E-state index is 0.586. The Labute approximate surface area is 76.1 Å². The Morgan fingerprint density at radius 3 is 2.42 bits per heavy atom. The first-order valence-corrected chi connectivity index (χ1v) is 5.11. The minimum absolute atomic E-state index is 0.586. The summed E-state index contributed by atoms with van der Waals surface area (Å²) in [6, 6.07) is 0.874. The van der Waals surface area contributed by atoms with Crippen molar-refractivity contribution in [3.05, 3.63) is 0 Å². The van der Waals surface area contributed by atoms with Crippen molar-refractivity contribution in [1.82, 2.24) is 4.90 Å². The maximum absolute atomic E-state index is 2.56. The maximum Gasteiger partial charge on any atom is 0.0103 e. The summed E-state index contributed by atoms with van der Waals surface area (Å²) in [4.78, 5) is 2.56. The molecule has 12 heavy (non-hydrogen) atoms. The Bertz CT molecular complexity index is 193. The molecule has 2 bridgehead atoms. The Hall–Kier alpha value is -0.0400. The molecule has 1 aliphatic heterocycles. The summed E-state index contributed by atoms with van der Waals surface area (Å²) in [6.07, 6.45) is 4.26. The van der Waals surface area contributed by atoms with Crippen LogP contribution in [0.4, 0.5) is 0 Å². The van der Waals surface area contributed by atoms with E-state index in [0.717, 1.165) is 6.04 Å². The normalized spacial score (nSPS) is 46.5. The maximum atomic E-state index is 2.56. The molecule has 1 aliphatic carbocycles. The molecule has 0 amide bonds. The van der Waals surface area contributed by atoms with E-state index in [9.17, 15) is 0 Å². The highest BCUT2D eigenvalue weighted by Gasteiger charge is 2.48. The van der Waals surface area contributed by atoms with Gasteiger partial charge >= 0.3 is 0 Å². The quantitative estimate of drug-likeness (QED) is 0.536. The van der Waals surface area contributed by atoms with Gasteiger partial charge in [-0.25, -0.2) is 0 Å². The average Bonchev–Trinajstić information content (AvgIpc) is 1.99. The second-order valence-electron chi connectivity index (χ2n) is 6.13. The second kappa shape index (κ2) is 2.25. The summed E-state index contributed by atoms with van der Waals surface area (Å²) < 4.78 is 0. The van der Waals surface area contributed by atoms with E-state index in [1.165, 1.54) is 25.8 Å². The van der Waals surface area contributed by atoms with Gasteiger partial charge in [-0.05, 0) is 37.1 Å². The Morgan fingerprint density at radius 1 is 1.17 bits per heavy atom. The molecule has 0 spiro atoms. The van der Waals surface area contributed by atoms with Crippen LogP contribution in [0.5, 0.6) is 0 Å². The summed E-state index contributed by atoms with van der Waals surface area (Å²) >= 11 is 0. The molecule has 2 fully saturated rings. The van der Waals surface area contributed by atoms with Crippen LogP contribution in [0, 0.1) is 10.8 Å². The zero-order valence-electron chi connectivity index (χ0n) is 8.85. The first-order valence-electron chi connectivity index (χ1n) is 5.11. The van der Waals surface area contributed by atoms with Crippen LogP contribution < -0.4 is 0 Å². The van der Waals surface area contributed by atoms with E-state index in [4.69, 9.17) is 0 Å². The van der Waals surface area contributed by atoms with E-state index in [1.54, 1.807) is 0 Å². The lowest BCUT2D eigenvalue weighted by molar-refractivity contribution is 0.130. The first kappa shape index (κ1) is 8.55. The van der Waals surface area contributed by atoms with Gasteiger partial charge in [-0.3, -0.25) is 0 Å².